The molecule has 0 saturated heterocycles. The number of nitro groups is 1. The Morgan fingerprint density at radius 3 is 2.82 bits per heavy atom. The van der Waals surface area contributed by atoms with Crippen LogP contribution in [0.25, 0.3) is 0 Å². The number of carbonyl (C=O) groups is 1. The average molecular weight is 234 g/mol. The molecule has 0 bridgehead atoms. The van der Waals surface area contributed by atoms with Gasteiger partial charge in [0.2, 0.25) is 0 Å². The summed E-state index contributed by atoms with van der Waals surface area (Å²) in [6, 6.07) is 5.74. The number of benzene rings is 1. The molecule has 0 aliphatic rings. The Morgan fingerprint density at radius 1 is 1.59 bits per heavy atom. The smallest absolute Gasteiger partial charge is 0.312 e. The molecule has 0 spiro atoms. The Kier molecular flexibility index (Phi) is 4.17. The highest BCUT2D eigenvalue weighted by Gasteiger charge is 2.16. The van der Waals surface area contributed by atoms with Crippen molar-refractivity contribution in [1.82, 2.24) is 0 Å². The first-order valence-corrected chi connectivity index (χ1v) is 4.85. The summed E-state index contributed by atoms with van der Waals surface area (Å²) in [6.07, 6.45) is 0.192. The number of nitro benzene ring substituents is 1. The van der Waals surface area contributed by atoms with Gasteiger partial charge in [0.15, 0.2) is 5.75 Å². The molecule has 1 aromatic carbocycles. The molecule has 0 aliphatic heterocycles. The van der Waals surface area contributed by atoms with E-state index in [2.05, 4.69) is 0 Å². The summed E-state index contributed by atoms with van der Waals surface area (Å²) in [7, 11) is 0. The number of carbonyl (C=O) groups excluding carboxylic acids is 1. The van der Waals surface area contributed by atoms with E-state index in [0.717, 1.165) is 6.07 Å². The monoisotopic (exact) mass is 234 g/mol. The van der Waals surface area contributed by atoms with Gasteiger partial charge in [-0.15, -0.1) is 0 Å². The molecule has 0 fully saturated rings. The highest BCUT2D eigenvalue weighted by atomic mass is 16.6. The molecule has 6 heteroatoms. The van der Waals surface area contributed by atoms with Gasteiger partial charge in [-0.25, -0.2) is 0 Å². The normalized spacial score (nSPS) is 9.41. The summed E-state index contributed by atoms with van der Waals surface area (Å²) >= 11 is 0. The third-order valence-corrected chi connectivity index (χ3v) is 2.00. The van der Waals surface area contributed by atoms with Crippen molar-refractivity contribution in [3.63, 3.8) is 0 Å². The molecular formula is C11H10N2O4. The number of ketones is 1. The highest BCUT2D eigenvalue weighted by molar-refractivity contribution is 5.75. The summed E-state index contributed by atoms with van der Waals surface area (Å²) in [6.45, 7) is 1.50. The lowest BCUT2D eigenvalue weighted by molar-refractivity contribution is -0.385. The molecule has 0 aromatic heterocycles. The fourth-order valence-corrected chi connectivity index (χ4v) is 1.16. The molecule has 6 nitrogen and oxygen atoms in total. The van der Waals surface area contributed by atoms with Crippen LogP contribution in [0.15, 0.2) is 18.2 Å². The van der Waals surface area contributed by atoms with Crippen molar-refractivity contribution in [1.29, 1.82) is 5.26 Å². The topological polar surface area (TPSA) is 93.2 Å². The van der Waals surface area contributed by atoms with E-state index in [-0.39, 0.29) is 35.8 Å². The predicted molar refractivity (Wildman–Crippen MR) is 58.6 cm³/mol. The first kappa shape index (κ1) is 12.6. The second-order valence-electron chi connectivity index (χ2n) is 3.35. The number of nitrogens with zero attached hydrogens (tertiary/aromatic N) is 2. The Labute approximate surface area is 97.6 Å². The van der Waals surface area contributed by atoms with Crippen LogP contribution in [0.1, 0.15) is 18.9 Å². The molecule has 0 atom stereocenters. The number of rotatable bonds is 5. The largest absolute Gasteiger partial charge is 0.486 e. The second-order valence-corrected chi connectivity index (χ2v) is 3.35. The van der Waals surface area contributed by atoms with Crippen molar-refractivity contribution < 1.29 is 14.5 Å². The van der Waals surface area contributed by atoms with E-state index in [1.54, 1.807) is 0 Å². The van der Waals surface area contributed by atoms with E-state index in [1.165, 1.54) is 19.1 Å². The minimum Gasteiger partial charge on any atom is -0.486 e. The van der Waals surface area contributed by atoms with E-state index in [4.69, 9.17) is 10.00 Å². The zero-order valence-electron chi connectivity index (χ0n) is 9.17. The van der Waals surface area contributed by atoms with Crippen molar-refractivity contribution >= 4 is 11.5 Å². The Balaban J connectivity index is 2.88. The summed E-state index contributed by atoms with van der Waals surface area (Å²) < 4.78 is 5.14. The van der Waals surface area contributed by atoms with Crippen molar-refractivity contribution in [3.05, 3.63) is 33.9 Å². The van der Waals surface area contributed by atoms with Gasteiger partial charge >= 0.3 is 5.69 Å². The fraction of sp³-hybridized carbons (Fsp3) is 0.273. The molecule has 0 saturated carbocycles. The van der Waals surface area contributed by atoms with Gasteiger partial charge in [0.25, 0.3) is 0 Å². The molecular weight excluding hydrogens is 224 g/mol. The first-order valence-electron chi connectivity index (χ1n) is 4.85. The van der Waals surface area contributed by atoms with Crippen LogP contribution in [0, 0.1) is 21.4 Å². The fourth-order valence-electron chi connectivity index (χ4n) is 1.16. The number of Topliss-reactive ketones (excluding diaryl/α,β-unsaturated/α-hetero) is 1. The van der Waals surface area contributed by atoms with E-state index < -0.39 is 4.92 Å². The van der Waals surface area contributed by atoms with Crippen molar-refractivity contribution in [2.75, 3.05) is 6.61 Å². The van der Waals surface area contributed by atoms with Gasteiger partial charge in [0.05, 0.1) is 23.2 Å². The lowest BCUT2D eigenvalue weighted by Gasteiger charge is -2.05. The number of nitriles is 1. The zero-order valence-corrected chi connectivity index (χ0v) is 9.17. The van der Waals surface area contributed by atoms with Crippen LogP contribution in [-0.4, -0.2) is 17.3 Å². The zero-order chi connectivity index (χ0) is 12.8. The minimum atomic E-state index is -0.621. The summed E-state index contributed by atoms with van der Waals surface area (Å²) in [5, 5.41) is 19.4. The standard InChI is InChI=1S/C11H10N2O4/c1-8(14)4-5-17-11-3-2-9(7-12)6-10(11)13(15)16/h2-3,6H,4-5H2,1H3. The van der Waals surface area contributed by atoms with Crippen LogP contribution in [-0.2, 0) is 4.79 Å². The number of hydrogen-bond acceptors (Lipinski definition) is 5. The lowest BCUT2D eigenvalue weighted by Crippen LogP contribution is -2.04. The Bertz CT molecular complexity index is 491. The van der Waals surface area contributed by atoms with Gasteiger partial charge in [-0.3, -0.25) is 14.9 Å². The van der Waals surface area contributed by atoms with E-state index >= 15 is 0 Å². The molecule has 0 aliphatic carbocycles. The molecule has 0 radical (unpaired) electrons. The van der Waals surface area contributed by atoms with Crippen LogP contribution in [0.2, 0.25) is 0 Å². The van der Waals surface area contributed by atoms with Crippen LogP contribution < -0.4 is 4.74 Å². The minimum absolute atomic E-state index is 0.0544. The molecule has 17 heavy (non-hydrogen) atoms. The number of hydrogen-bond donors (Lipinski definition) is 0. The SMILES string of the molecule is CC(=O)CCOc1ccc(C#N)cc1[N+](=O)[O-]. The maximum atomic E-state index is 10.7. The first-order chi connectivity index (χ1) is 8.04. The van der Waals surface area contributed by atoms with Crippen LogP contribution in [0.4, 0.5) is 5.69 Å². The Hall–Kier alpha value is -2.42. The molecule has 0 unspecified atom stereocenters. The molecule has 1 rings (SSSR count). The van der Waals surface area contributed by atoms with Crippen LogP contribution in [0.5, 0.6) is 5.75 Å². The van der Waals surface area contributed by atoms with Crippen LogP contribution in [0.3, 0.4) is 0 Å². The van der Waals surface area contributed by atoms with Crippen LogP contribution >= 0.6 is 0 Å². The summed E-state index contributed by atoms with van der Waals surface area (Å²) in [5.74, 6) is 0.0107. The second kappa shape index (κ2) is 5.61. The van der Waals surface area contributed by atoms with E-state index in [0.29, 0.717) is 0 Å². The highest BCUT2D eigenvalue weighted by Crippen LogP contribution is 2.27. The molecule has 0 amide bonds. The molecule has 1 aromatic rings. The number of ether oxygens (including phenoxy) is 1. The molecule has 0 N–H and O–H groups in total. The average Bonchev–Trinajstić information content (AvgIpc) is 2.28. The maximum absolute atomic E-state index is 10.7. The van der Waals surface area contributed by atoms with Gasteiger partial charge in [-0.2, -0.15) is 5.26 Å². The molecule has 88 valence electrons. The van der Waals surface area contributed by atoms with Crippen molar-refractivity contribution in [2.45, 2.75) is 13.3 Å². The quantitative estimate of drug-likeness (QED) is 0.572. The third-order valence-electron chi connectivity index (χ3n) is 2.00. The van der Waals surface area contributed by atoms with Crippen molar-refractivity contribution in [3.8, 4) is 11.8 Å². The lowest BCUT2D eigenvalue weighted by atomic mass is 10.2. The van der Waals surface area contributed by atoms with E-state index in [1.807, 2.05) is 6.07 Å². The van der Waals surface area contributed by atoms with Gasteiger partial charge in [0.1, 0.15) is 5.78 Å². The van der Waals surface area contributed by atoms with Gasteiger partial charge in [-0.05, 0) is 19.1 Å². The van der Waals surface area contributed by atoms with Gasteiger partial charge < -0.3 is 4.74 Å². The van der Waals surface area contributed by atoms with Gasteiger partial charge in [0, 0.05) is 12.5 Å². The molecule has 0 heterocycles. The third kappa shape index (κ3) is 3.57. The van der Waals surface area contributed by atoms with Crippen molar-refractivity contribution in [2.24, 2.45) is 0 Å². The Morgan fingerprint density at radius 2 is 2.29 bits per heavy atom. The summed E-state index contributed by atoms with van der Waals surface area (Å²) in [5.41, 5.74) is -0.0804. The van der Waals surface area contributed by atoms with Gasteiger partial charge in [-0.1, -0.05) is 0 Å². The predicted octanol–water partition coefficient (Wildman–Crippen LogP) is 1.82. The maximum Gasteiger partial charge on any atom is 0.312 e. The summed E-state index contributed by atoms with van der Waals surface area (Å²) in [4.78, 5) is 20.8. The van der Waals surface area contributed by atoms with E-state index in [9.17, 15) is 14.9 Å².